The van der Waals surface area contributed by atoms with E-state index in [1.54, 1.807) is 42.6 Å². The summed E-state index contributed by atoms with van der Waals surface area (Å²) in [7, 11) is 1.57. The molecule has 3 N–H and O–H groups in total. The summed E-state index contributed by atoms with van der Waals surface area (Å²) < 4.78 is 5.99. The van der Waals surface area contributed by atoms with E-state index in [1.807, 2.05) is 0 Å². The van der Waals surface area contributed by atoms with Crippen LogP contribution in [0.2, 0.25) is 0 Å². The number of methoxy groups -OCH3 is 1. The van der Waals surface area contributed by atoms with Gasteiger partial charge in [0.25, 0.3) is 0 Å². The highest BCUT2D eigenvalue weighted by Gasteiger charge is 2.07. The van der Waals surface area contributed by atoms with Crippen molar-refractivity contribution in [3.8, 4) is 5.75 Å². The fourth-order valence-corrected chi connectivity index (χ4v) is 3.11. The smallest absolute Gasteiger partial charge is 0.224 e. The van der Waals surface area contributed by atoms with Crippen LogP contribution in [-0.2, 0) is 4.79 Å². The quantitative estimate of drug-likeness (QED) is 0.462. The van der Waals surface area contributed by atoms with Gasteiger partial charge in [0.15, 0.2) is 4.34 Å². The molecule has 1 aromatic heterocycles. The van der Waals surface area contributed by atoms with Crippen molar-refractivity contribution < 1.29 is 9.53 Å². The van der Waals surface area contributed by atoms with Crippen LogP contribution >= 0.6 is 23.1 Å². The topological polar surface area (TPSA) is 90.1 Å². The van der Waals surface area contributed by atoms with Gasteiger partial charge in [0, 0.05) is 18.2 Å². The molecule has 0 aliphatic carbocycles. The lowest BCUT2D eigenvalue weighted by atomic mass is 10.2. The zero-order valence-electron chi connectivity index (χ0n) is 11.5. The zero-order valence-corrected chi connectivity index (χ0v) is 13.2. The van der Waals surface area contributed by atoms with Crippen molar-refractivity contribution in [2.75, 3.05) is 23.9 Å². The van der Waals surface area contributed by atoms with Crippen molar-refractivity contribution >= 4 is 40.4 Å². The van der Waals surface area contributed by atoms with Crippen LogP contribution < -0.4 is 15.8 Å². The van der Waals surface area contributed by atoms with Crippen LogP contribution in [-0.4, -0.2) is 29.0 Å². The summed E-state index contributed by atoms with van der Waals surface area (Å²) in [5, 5.41) is 10.5. The fraction of sp³-hybridized carbons (Fsp3) is 0.308. The predicted octanol–water partition coefficient (Wildman–Crippen LogP) is 2.64. The second kappa shape index (κ2) is 7.84. The number of nitrogens with zero attached hydrogens (tertiary/aromatic N) is 2. The van der Waals surface area contributed by atoms with Crippen molar-refractivity contribution in [3.05, 3.63) is 23.7 Å². The molecule has 6 nitrogen and oxygen atoms in total. The average molecular weight is 324 g/mol. The van der Waals surface area contributed by atoms with Crippen molar-refractivity contribution in [2.24, 2.45) is 0 Å². The minimum Gasteiger partial charge on any atom is -0.497 e. The highest BCUT2D eigenvalue weighted by Crippen LogP contribution is 2.24. The number of nitrogens with one attached hydrogen (secondary N) is 1. The van der Waals surface area contributed by atoms with Gasteiger partial charge in [-0.05, 0) is 18.6 Å². The van der Waals surface area contributed by atoms with E-state index in [0.717, 1.165) is 16.5 Å². The third-order valence-electron chi connectivity index (χ3n) is 2.65. The lowest BCUT2D eigenvalue weighted by Crippen LogP contribution is -2.12. The van der Waals surface area contributed by atoms with Crippen molar-refractivity contribution in [1.29, 1.82) is 0 Å². The molecule has 0 saturated carbocycles. The lowest BCUT2D eigenvalue weighted by Gasteiger charge is -2.09. The molecule has 0 aliphatic rings. The molecular weight excluding hydrogens is 308 g/mol. The first-order valence-electron chi connectivity index (χ1n) is 6.31. The van der Waals surface area contributed by atoms with E-state index in [2.05, 4.69) is 15.5 Å². The second-order valence-corrected chi connectivity index (χ2v) is 6.33. The highest BCUT2D eigenvalue weighted by molar-refractivity contribution is 8.00. The number of rotatable bonds is 7. The number of benzene rings is 1. The Kier molecular flexibility index (Phi) is 5.82. The Bertz CT molecular complexity index is 590. The number of thioether (sulfide) groups is 1. The van der Waals surface area contributed by atoms with Gasteiger partial charge in [-0.3, -0.25) is 4.79 Å². The molecule has 0 aliphatic heterocycles. The van der Waals surface area contributed by atoms with E-state index in [9.17, 15) is 4.79 Å². The Morgan fingerprint density at radius 2 is 2.38 bits per heavy atom. The van der Waals surface area contributed by atoms with E-state index in [1.165, 1.54) is 11.3 Å². The number of amides is 1. The molecule has 8 heteroatoms. The first-order valence-corrected chi connectivity index (χ1v) is 8.18. The summed E-state index contributed by atoms with van der Waals surface area (Å²) in [4.78, 5) is 11.8. The van der Waals surface area contributed by atoms with Gasteiger partial charge < -0.3 is 15.8 Å². The maximum absolute atomic E-state index is 11.8. The number of nitrogens with two attached hydrogens (primary N) is 1. The summed E-state index contributed by atoms with van der Waals surface area (Å²) in [6.07, 6.45) is 1.21. The molecule has 1 aromatic carbocycles. The molecular formula is C13H16N4O2S2. The Hall–Kier alpha value is -1.80. The molecule has 0 radical (unpaired) electrons. The largest absolute Gasteiger partial charge is 0.497 e. The van der Waals surface area contributed by atoms with Crippen molar-refractivity contribution in [2.45, 2.75) is 17.2 Å². The van der Waals surface area contributed by atoms with Crippen LogP contribution in [0.25, 0.3) is 0 Å². The van der Waals surface area contributed by atoms with E-state index in [4.69, 9.17) is 10.5 Å². The number of carbonyl (C=O) groups is 1. The molecule has 2 aromatic rings. The molecule has 1 heterocycles. The minimum atomic E-state index is -0.0512. The van der Waals surface area contributed by atoms with E-state index in [0.29, 0.717) is 23.5 Å². The van der Waals surface area contributed by atoms with Crippen molar-refractivity contribution in [3.63, 3.8) is 0 Å². The van der Waals surface area contributed by atoms with Gasteiger partial charge in [0.2, 0.25) is 5.91 Å². The van der Waals surface area contributed by atoms with Crippen LogP contribution in [0, 0.1) is 0 Å². The zero-order chi connectivity index (χ0) is 15.1. The van der Waals surface area contributed by atoms with Crippen LogP contribution in [0.4, 0.5) is 11.4 Å². The van der Waals surface area contributed by atoms with Gasteiger partial charge in [-0.2, -0.15) is 0 Å². The molecule has 0 spiro atoms. The van der Waals surface area contributed by atoms with Gasteiger partial charge in [0.1, 0.15) is 11.3 Å². The van der Waals surface area contributed by atoms with Gasteiger partial charge >= 0.3 is 0 Å². The summed E-state index contributed by atoms with van der Waals surface area (Å²) in [6, 6.07) is 5.18. The van der Waals surface area contributed by atoms with E-state index in [-0.39, 0.29) is 5.91 Å². The molecule has 0 unspecified atom stereocenters. The van der Waals surface area contributed by atoms with Gasteiger partial charge in [-0.15, -0.1) is 10.2 Å². The summed E-state index contributed by atoms with van der Waals surface area (Å²) in [6.45, 7) is 0. The van der Waals surface area contributed by atoms with Crippen LogP contribution in [0.15, 0.2) is 28.0 Å². The number of hydrogen-bond acceptors (Lipinski definition) is 7. The molecule has 1 amide bonds. The Balaban J connectivity index is 1.74. The van der Waals surface area contributed by atoms with E-state index < -0.39 is 0 Å². The van der Waals surface area contributed by atoms with E-state index >= 15 is 0 Å². The standard InChI is InChI=1S/C13H16N4O2S2/c1-19-9-4-5-11(10(14)7-9)16-12(18)3-2-6-20-13-17-15-8-21-13/h4-5,7-8H,2-3,6,14H2,1H3,(H,16,18). The van der Waals surface area contributed by atoms with Crippen LogP contribution in [0.1, 0.15) is 12.8 Å². The van der Waals surface area contributed by atoms with Crippen LogP contribution in [0.5, 0.6) is 5.75 Å². The molecule has 0 bridgehead atoms. The highest BCUT2D eigenvalue weighted by atomic mass is 32.2. The maximum Gasteiger partial charge on any atom is 0.224 e. The summed E-state index contributed by atoms with van der Waals surface area (Å²) in [5.41, 5.74) is 8.65. The fourth-order valence-electron chi connectivity index (χ4n) is 1.61. The van der Waals surface area contributed by atoms with Gasteiger partial charge in [-0.25, -0.2) is 0 Å². The Morgan fingerprint density at radius 1 is 1.52 bits per heavy atom. The molecule has 0 fully saturated rings. The van der Waals surface area contributed by atoms with Crippen LogP contribution in [0.3, 0.4) is 0 Å². The normalized spacial score (nSPS) is 10.3. The SMILES string of the molecule is COc1ccc(NC(=O)CCCSc2nncs2)c(N)c1. The molecule has 112 valence electrons. The number of ether oxygens (including phenoxy) is 1. The predicted molar refractivity (Wildman–Crippen MR) is 85.9 cm³/mol. The number of aromatic nitrogens is 2. The number of hydrogen-bond donors (Lipinski definition) is 2. The lowest BCUT2D eigenvalue weighted by molar-refractivity contribution is -0.116. The second-order valence-electron chi connectivity index (χ2n) is 4.16. The third-order valence-corrected chi connectivity index (χ3v) is 4.59. The van der Waals surface area contributed by atoms with Gasteiger partial charge in [-0.1, -0.05) is 23.1 Å². The summed E-state index contributed by atoms with van der Waals surface area (Å²) in [5.74, 6) is 1.45. The number of nitrogen functional groups attached to an aromatic ring is 1. The Morgan fingerprint density at radius 3 is 3.05 bits per heavy atom. The third kappa shape index (κ3) is 4.91. The average Bonchev–Trinajstić information content (AvgIpc) is 2.99. The Labute approximate surface area is 131 Å². The first kappa shape index (κ1) is 15.6. The monoisotopic (exact) mass is 324 g/mol. The molecule has 2 rings (SSSR count). The molecule has 0 saturated heterocycles. The number of anilines is 2. The minimum absolute atomic E-state index is 0.0512. The number of carbonyl (C=O) groups excluding carboxylic acids is 1. The van der Waals surface area contributed by atoms with Gasteiger partial charge in [0.05, 0.1) is 18.5 Å². The molecule has 0 atom stereocenters. The molecule has 21 heavy (non-hydrogen) atoms. The first-order chi connectivity index (χ1) is 10.2. The maximum atomic E-state index is 11.8. The van der Waals surface area contributed by atoms with Crippen molar-refractivity contribution in [1.82, 2.24) is 10.2 Å². The summed E-state index contributed by atoms with van der Waals surface area (Å²) >= 11 is 3.11.